The summed E-state index contributed by atoms with van der Waals surface area (Å²) in [4.78, 5) is 13.9. The molecule has 20 heavy (non-hydrogen) atoms. The van der Waals surface area contributed by atoms with Gasteiger partial charge in [-0.3, -0.25) is 9.48 Å². The fourth-order valence-corrected chi connectivity index (χ4v) is 2.74. The summed E-state index contributed by atoms with van der Waals surface area (Å²) >= 11 is 2.24. The van der Waals surface area contributed by atoms with Crippen molar-refractivity contribution in [3.05, 3.63) is 39.7 Å². The number of anilines is 1. The van der Waals surface area contributed by atoms with Gasteiger partial charge in [0.15, 0.2) is 6.61 Å². The van der Waals surface area contributed by atoms with E-state index in [1.54, 1.807) is 9.58 Å². The van der Waals surface area contributed by atoms with Gasteiger partial charge in [-0.1, -0.05) is 0 Å². The van der Waals surface area contributed by atoms with Gasteiger partial charge in [-0.2, -0.15) is 5.10 Å². The Labute approximate surface area is 130 Å². The van der Waals surface area contributed by atoms with Crippen LogP contribution in [0.3, 0.4) is 0 Å². The predicted molar refractivity (Wildman–Crippen MR) is 83.9 cm³/mol. The summed E-state index contributed by atoms with van der Waals surface area (Å²) in [5.41, 5.74) is 1.98. The van der Waals surface area contributed by atoms with Gasteiger partial charge in [-0.15, -0.1) is 0 Å². The lowest BCUT2D eigenvalue weighted by molar-refractivity contribution is -0.121. The topological polar surface area (TPSA) is 47.4 Å². The van der Waals surface area contributed by atoms with Crippen LogP contribution in [0.4, 0.5) is 5.69 Å². The molecule has 1 aromatic heterocycles. The number of carbonyl (C=O) groups excluding carboxylic acids is 1. The van der Waals surface area contributed by atoms with Crippen molar-refractivity contribution in [3.63, 3.8) is 0 Å². The molecule has 104 valence electrons. The average Bonchev–Trinajstić information content (AvgIpc) is 2.83. The monoisotopic (exact) mass is 383 g/mol. The molecule has 0 spiro atoms. The van der Waals surface area contributed by atoms with Crippen LogP contribution in [0, 0.1) is 3.57 Å². The third kappa shape index (κ3) is 2.65. The van der Waals surface area contributed by atoms with Crippen molar-refractivity contribution in [1.29, 1.82) is 0 Å². The van der Waals surface area contributed by atoms with E-state index in [0.717, 1.165) is 27.0 Å². The summed E-state index contributed by atoms with van der Waals surface area (Å²) in [6.45, 7) is 0.752. The van der Waals surface area contributed by atoms with E-state index in [1.807, 2.05) is 37.6 Å². The number of halogens is 1. The molecule has 0 aliphatic carbocycles. The molecule has 1 aromatic carbocycles. The normalized spacial score (nSPS) is 14.1. The molecule has 6 heteroatoms. The molecule has 0 saturated carbocycles. The van der Waals surface area contributed by atoms with Gasteiger partial charge in [0.05, 0.1) is 11.9 Å². The van der Waals surface area contributed by atoms with Gasteiger partial charge in [-0.25, -0.2) is 0 Å². The highest BCUT2D eigenvalue weighted by Crippen LogP contribution is 2.33. The van der Waals surface area contributed by atoms with E-state index < -0.39 is 0 Å². The zero-order valence-corrected chi connectivity index (χ0v) is 13.2. The van der Waals surface area contributed by atoms with Crippen molar-refractivity contribution in [2.24, 2.45) is 7.05 Å². The van der Waals surface area contributed by atoms with Gasteiger partial charge in [0.25, 0.3) is 5.91 Å². The van der Waals surface area contributed by atoms with Crippen molar-refractivity contribution in [3.8, 4) is 5.75 Å². The van der Waals surface area contributed by atoms with E-state index in [9.17, 15) is 4.79 Å². The minimum absolute atomic E-state index is 0.00314. The second-order valence-corrected chi connectivity index (χ2v) is 5.96. The number of ether oxygens (including phenoxy) is 1. The van der Waals surface area contributed by atoms with Gasteiger partial charge >= 0.3 is 0 Å². The maximum Gasteiger partial charge on any atom is 0.265 e. The summed E-state index contributed by atoms with van der Waals surface area (Å²) in [5, 5.41) is 4.15. The van der Waals surface area contributed by atoms with E-state index in [0.29, 0.717) is 6.54 Å². The fourth-order valence-electron chi connectivity index (χ4n) is 2.26. The van der Waals surface area contributed by atoms with Gasteiger partial charge in [0, 0.05) is 23.4 Å². The first-order chi connectivity index (χ1) is 9.63. The summed E-state index contributed by atoms with van der Waals surface area (Å²) < 4.78 is 8.33. The second-order valence-electron chi connectivity index (χ2n) is 4.72. The van der Waals surface area contributed by atoms with Crippen molar-refractivity contribution >= 4 is 34.2 Å². The van der Waals surface area contributed by atoms with Gasteiger partial charge in [0.2, 0.25) is 0 Å². The molecule has 0 atom stereocenters. The SMILES string of the molecule is Cn1cc(CCN2C(=O)COc3ccc(I)cc32)cn1. The Morgan fingerprint density at radius 1 is 1.45 bits per heavy atom. The highest BCUT2D eigenvalue weighted by Gasteiger charge is 2.25. The van der Waals surface area contributed by atoms with Gasteiger partial charge in [-0.05, 0) is 52.8 Å². The Bertz CT molecular complexity index is 654. The quantitative estimate of drug-likeness (QED) is 0.762. The van der Waals surface area contributed by atoms with Crippen LogP contribution in [0.15, 0.2) is 30.6 Å². The van der Waals surface area contributed by atoms with Crippen molar-refractivity contribution < 1.29 is 9.53 Å². The number of fused-ring (bicyclic) bond motifs is 1. The Morgan fingerprint density at radius 3 is 3.05 bits per heavy atom. The summed E-state index contributed by atoms with van der Waals surface area (Å²) in [6, 6.07) is 5.88. The minimum atomic E-state index is 0.00314. The lowest BCUT2D eigenvalue weighted by Gasteiger charge is -2.29. The molecule has 5 nitrogen and oxygen atoms in total. The molecule has 1 aliphatic heterocycles. The zero-order chi connectivity index (χ0) is 14.1. The number of carbonyl (C=O) groups is 1. The van der Waals surface area contributed by atoms with Crippen molar-refractivity contribution in [2.45, 2.75) is 6.42 Å². The molecular weight excluding hydrogens is 369 g/mol. The number of aryl methyl sites for hydroxylation is 1. The van der Waals surface area contributed by atoms with E-state index in [-0.39, 0.29) is 12.5 Å². The lowest BCUT2D eigenvalue weighted by atomic mass is 10.2. The first-order valence-corrected chi connectivity index (χ1v) is 7.41. The van der Waals surface area contributed by atoms with Crippen LogP contribution >= 0.6 is 22.6 Å². The molecular formula is C14H14IN3O2. The smallest absolute Gasteiger partial charge is 0.265 e. The van der Waals surface area contributed by atoms with Crippen LogP contribution in [-0.4, -0.2) is 28.8 Å². The number of nitrogens with zero attached hydrogens (tertiary/aromatic N) is 3. The first-order valence-electron chi connectivity index (χ1n) is 6.34. The molecule has 0 unspecified atom stereocenters. The molecule has 0 bridgehead atoms. The van der Waals surface area contributed by atoms with Crippen LogP contribution in [0.25, 0.3) is 0 Å². The maximum atomic E-state index is 12.1. The molecule has 0 fully saturated rings. The molecule has 1 amide bonds. The Morgan fingerprint density at radius 2 is 2.30 bits per heavy atom. The van der Waals surface area contributed by atoms with Crippen molar-refractivity contribution in [2.75, 3.05) is 18.1 Å². The molecule has 1 aliphatic rings. The number of benzene rings is 1. The van der Waals surface area contributed by atoms with Crippen LogP contribution in [0.2, 0.25) is 0 Å². The largest absolute Gasteiger partial charge is 0.482 e. The number of amides is 1. The molecule has 0 radical (unpaired) electrons. The summed E-state index contributed by atoms with van der Waals surface area (Å²) in [6.07, 6.45) is 4.59. The summed E-state index contributed by atoms with van der Waals surface area (Å²) in [7, 11) is 1.89. The van der Waals surface area contributed by atoms with Crippen LogP contribution in [-0.2, 0) is 18.3 Å². The third-order valence-corrected chi connectivity index (χ3v) is 3.92. The first kappa shape index (κ1) is 13.4. The number of hydrogen-bond donors (Lipinski definition) is 0. The predicted octanol–water partition coefficient (Wildman–Crippen LogP) is 1.99. The summed E-state index contributed by atoms with van der Waals surface area (Å²) in [5.74, 6) is 0.777. The fraction of sp³-hybridized carbons (Fsp3) is 0.286. The van der Waals surface area contributed by atoms with E-state index in [1.165, 1.54) is 0 Å². The molecule has 3 rings (SSSR count). The highest BCUT2D eigenvalue weighted by atomic mass is 127. The minimum Gasteiger partial charge on any atom is -0.482 e. The highest BCUT2D eigenvalue weighted by molar-refractivity contribution is 14.1. The van der Waals surface area contributed by atoms with Crippen LogP contribution in [0.1, 0.15) is 5.56 Å². The molecule has 0 saturated heterocycles. The Hall–Kier alpha value is -1.57. The second kappa shape index (κ2) is 5.43. The average molecular weight is 383 g/mol. The molecule has 2 heterocycles. The third-order valence-electron chi connectivity index (χ3n) is 3.25. The molecule has 0 N–H and O–H groups in total. The van der Waals surface area contributed by atoms with E-state index in [2.05, 4.69) is 27.7 Å². The van der Waals surface area contributed by atoms with Crippen molar-refractivity contribution in [1.82, 2.24) is 9.78 Å². The van der Waals surface area contributed by atoms with E-state index in [4.69, 9.17) is 4.74 Å². The van der Waals surface area contributed by atoms with Gasteiger partial charge < -0.3 is 9.64 Å². The maximum absolute atomic E-state index is 12.1. The van der Waals surface area contributed by atoms with Crippen LogP contribution in [0.5, 0.6) is 5.75 Å². The lowest BCUT2D eigenvalue weighted by Crippen LogP contribution is -2.40. The van der Waals surface area contributed by atoms with Gasteiger partial charge in [0.1, 0.15) is 5.75 Å². The van der Waals surface area contributed by atoms with Crippen LogP contribution < -0.4 is 9.64 Å². The van der Waals surface area contributed by atoms with E-state index >= 15 is 0 Å². The zero-order valence-electron chi connectivity index (χ0n) is 11.0. The molecule has 2 aromatic rings. The number of hydrogen-bond acceptors (Lipinski definition) is 3. The standard InChI is InChI=1S/C14H14IN3O2/c1-17-8-10(7-16-17)4-5-18-12-6-11(15)2-3-13(12)20-9-14(18)19/h2-3,6-8H,4-5,9H2,1H3. The number of aromatic nitrogens is 2. The Kier molecular flexibility index (Phi) is 3.64. The Balaban J connectivity index is 1.82. The number of rotatable bonds is 3.